The molecule has 1 aromatic carbocycles. The molecule has 1 aliphatic rings. The maximum absolute atomic E-state index is 12.0. The number of nitrogens with zero attached hydrogens (tertiary/aromatic N) is 1. The number of fused-ring (bicyclic) bond motifs is 1. The molecule has 1 aromatic rings. The molecule has 0 aliphatic carbocycles. The first-order valence-corrected chi connectivity index (χ1v) is 5.76. The number of hydrogen-bond acceptors (Lipinski definition) is 1. The lowest BCUT2D eigenvalue weighted by Gasteiger charge is -2.30. The zero-order chi connectivity index (χ0) is 11.5. The van der Waals surface area contributed by atoms with E-state index in [1.807, 2.05) is 11.8 Å². The Balaban J connectivity index is 2.43. The van der Waals surface area contributed by atoms with Gasteiger partial charge in [0.25, 0.3) is 5.91 Å². The molecule has 0 N–H and O–H groups in total. The lowest BCUT2D eigenvalue weighted by molar-refractivity contribution is -0.114. The summed E-state index contributed by atoms with van der Waals surface area (Å²) in [5, 5.41) is 0. The van der Waals surface area contributed by atoms with Gasteiger partial charge in [-0.1, -0.05) is 24.3 Å². The number of para-hydroxylation sites is 1. The fourth-order valence-electron chi connectivity index (χ4n) is 2.30. The predicted molar refractivity (Wildman–Crippen MR) is 66.7 cm³/mol. The van der Waals surface area contributed by atoms with E-state index in [4.69, 9.17) is 0 Å². The van der Waals surface area contributed by atoms with E-state index in [9.17, 15) is 4.79 Å². The number of carbonyl (C=O) groups excluding carboxylic acids is 1. The molecular weight excluding hydrogens is 198 g/mol. The van der Waals surface area contributed by atoms with Gasteiger partial charge >= 0.3 is 0 Å². The second-order valence-corrected chi connectivity index (χ2v) is 4.18. The first kappa shape index (κ1) is 10.9. The Labute approximate surface area is 96.6 Å². The van der Waals surface area contributed by atoms with Crippen molar-refractivity contribution in [2.45, 2.75) is 26.7 Å². The standard InChI is InChI=1S/C14H17NO/c1-3-6-13(16)15-10-5-9-12-8-4-7-11(2)14(12)15/h3-4,6-8H,5,9-10H2,1-2H3. The van der Waals surface area contributed by atoms with Crippen molar-refractivity contribution < 1.29 is 4.79 Å². The molecule has 2 nitrogen and oxygen atoms in total. The summed E-state index contributed by atoms with van der Waals surface area (Å²) < 4.78 is 0. The summed E-state index contributed by atoms with van der Waals surface area (Å²) in [6, 6.07) is 6.26. The van der Waals surface area contributed by atoms with E-state index < -0.39 is 0 Å². The van der Waals surface area contributed by atoms with Crippen LogP contribution in [0.3, 0.4) is 0 Å². The van der Waals surface area contributed by atoms with Crippen LogP contribution in [0, 0.1) is 6.92 Å². The van der Waals surface area contributed by atoms with Gasteiger partial charge in [0.2, 0.25) is 0 Å². The molecule has 0 spiro atoms. The van der Waals surface area contributed by atoms with Crippen molar-refractivity contribution in [1.82, 2.24) is 0 Å². The first-order chi connectivity index (χ1) is 7.74. The fourth-order valence-corrected chi connectivity index (χ4v) is 2.30. The molecule has 0 saturated heterocycles. The topological polar surface area (TPSA) is 20.3 Å². The molecule has 0 bridgehead atoms. The highest BCUT2D eigenvalue weighted by Gasteiger charge is 2.21. The van der Waals surface area contributed by atoms with Crippen LogP contribution in [0.2, 0.25) is 0 Å². The molecule has 2 rings (SSSR count). The van der Waals surface area contributed by atoms with Gasteiger partial charge in [0, 0.05) is 6.54 Å². The van der Waals surface area contributed by atoms with Gasteiger partial charge in [0.05, 0.1) is 5.69 Å². The van der Waals surface area contributed by atoms with Crippen molar-refractivity contribution in [3.05, 3.63) is 41.5 Å². The second-order valence-electron chi connectivity index (χ2n) is 4.18. The molecular formula is C14H17NO. The Morgan fingerprint density at radius 1 is 1.44 bits per heavy atom. The van der Waals surface area contributed by atoms with Crippen LogP contribution in [-0.4, -0.2) is 12.5 Å². The van der Waals surface area contributed by atoms with Gasteiger partial charge in [-0.25, -0.2) is 0 Å². The Hall–Kier alpha value is -1.57. The highest BCUT2D eigenvalue weighted by Crippen LogP contribution is 2.30. The number of allylic oxidation sites excluding steroid dienone is 1. The van der Waals surface area contributed by atoms with Gasteiger partial charge in [-0.05, 0) is 43.9 Å². The molecule has 0 saturated carbocycles. The lowest BCUT2D eigenvalue weighted by atomic mass is 9.98. The number of aryl methyl sites for hydroxylation is 2. The Kier molecular flexibility index (Phi) is 3.09. The van der Waals surface area contributed by atoms with E-state index in [1.54, 1.807) is 12.2 Å². The smallest absolute Gasteiger partial charge is 0.250 e. The number of anilines is 1. The van der Waals surface area contributed by atoms with E-state index in [0.717, 1.165) is 25.1 Å². The zero-order valence-corrected chi connectivity index (χ0v) is 9.86. The van der Waals surface area contributed by atoms with Gasteiger partial charge in [0.15, 0.2) is 0 Å². The minimum atomic E-state index is 0.0951. The molecule has 0 aromatic heterocycles. The van der Waals surface area contributed by atoms with Crippen LogP contribution >= 0.6 is 0 Å². The summed E-state index contributed by atoms with van der Waals surface area (Å²) in [7, 11) is 0. The molecule has 0 atom stereocenters. The van der Waals surface area contributed by atoms with Crippen molar-refractivity contribution in [2.24, 2.45) is 0 Å². The molecule has 2 heteroatoms. The van der Waals surface area contributed by atoms with Crippen molar-refractivity contribution >= 4 is 11.6 Å². The van der Waals surface area contributed by atoms with E-state index in [2.05, 4.69) is 25.1 Å². The fraction of sp³-hybridized carbons (Fsp3) is 0.357. The van der Waals surface area contributed by atoms with Crippen molar-refractivity contribution in [1.29, 1.82) is 0 Å². The Morgan fingerprint density at radius 2 is 2.25 bits per heavy atom. The maximum atomic E-state index is 12.0. The minimum Gasteiger partial charge on any atom is -0.308 e. The maximum Gasteiger partial charge on any atom is 0.250 e. The first-order valence-electron chi connectivity index (χ1n) is 5.76. The molecule has 16 heavy (non-hydrogen) atoms. The van der Waals surface area contributed by atoms with Gasteiger partial charge in [-0.2, -0.15) is 0 Å². The van der Waals surface area contributed by atoms with Gasteiger partial charge < -0.3 is 4.90 Å². The van der Waals surface area contributed by atoms with Crippen molar-refractivity contribution in [3.8, 4) is 0 Å². The summed E-state index contributed by atoms with van der Waals surface area (Å²) >= 11 is 0. The Bertz CT molecular complexity index is 434. The summed E-state index contributed by atoms with van der Waals surface area (Å²) in [6.07, 6.45) is 5.58. The molecule has 0 fully saturated rings. The van der Waals surface area contributed by atoms with Crippen molar-refractivity contribution in [2.75, 3.05) is 11.4 Å². The highest BCUT2D eigenvalue weighted by atomic mass is 16.2. The quantitative estimate of drug-likeness (QED) is 0.660. The summed E-state index contributed by atoms with van der Waals surface area (Å²) in [5.74, 6) is 0.0951. The summed E-state index contributed by atoms with van der Waals surface area (Å²) in [6.45, 7) is 4.78. The van der Waals surface area contributed by atoms with Gasteiger partial charge in [0.1, 0.15) is 0 Å². The van der Waals surface area contributed by atoms with Crippen LogP contribution in [0.4, 0.5) is 5.69 Å². The third kappa shape index (κ3) is 1.87. The largest absolute Gasteiger partial charge is 0.308 e. The van der Waals surface area contributed by atoms with Crippen LogP contribution in [0.25, 0.3) is 0 Å². The van der Waals surface area contributed by atoms with Gasteiger partial charge in [-0.3, -0.25) is 4.79 Å². The van der Waals surface area contributed by atoms with Crippen LogP contribution < -0.4 is 4.90 Å². The zero-order valence-electron chi connectivity index (χ0n) is 9.86. The molecule has 0 unspecified atom stereocenters. The molecule has 0 radical (unpaired) electrons. The number of carbonyl (C=O) groups is 1. The van der Waals surface area contributed by atoms with Crippen LogP contribution in [0.15, 0.2) is 30.4 Å². The van der Waals surface area contributed by atoms with E-state index >= 15 is 0 Å². The van der Waals surface area contributed by atoms with E-state index in [-0.39, 0.29) is 5.91 Å². The highest BCUT2D eigenvalue weighted by molar-refractivity contribution is 6.02. The monoisotopic (exact) mass is 215 g/mol. The number of benzene rings is 1. The molecule has 84 valence electrons. The predicted octanol–water partition coefficient (Wildman–Crippen LogP) is 2.85. The average molecular weight is 215 g/mol. The van der Waals surface area contributed by atoms with Crippen LogP contribution in [-0.2, 0) is 11.2 Å². The number of rotatable bonds is 1. The SMILES string of the molecule is CC=CC(=O)N1CCCc2cccc(C)c21. The minimum absolute atomic E-state index is 0.0951. The van der Waals surface area contributed by atoms with Crippen LogP contribution in [0.1, 0.15) is 24.5 Å². The number of amides is 1. The third-order valence-electron chi connectivity index (χ3n) is 2.99. The molecule has 1 heterocycles. The second kappa shape index (κ2) is 4.52. The molecule has 1 amide bonds. The normalized spacial score (nSPS) is 15.2. The van der Waals surface area contributed by atoms with E-state index in [0.29, 0.717) is 0 Å². The third-order valence-corrected chi connectivity index (χ3v) is 2.99. The lowest BCUT2D eigenvalue weighted by Crippen LogP contribution is -2.34. The summed E-state index contributed by atoms with van der Waals surface area (Å²) in [4.78, 5) is 13.8. The summed E-state index contributed by atoms with van der Waals surface area (Å²) in [5.41, 5.74) is 3.61. The van der Waals surface area contributed by atoms with E-state index in [1.165, 1.54) is 11.1 Å². The number of hydrogen-bond donors (Lipinski definition) is 0. The molecule has 1 aliphatic heterocycles. The Morgan fingerprint density at radius 3 is 3.00 bits per heavy atom. The van der Waals surface area contributed by atoms with Gasteiger partial charge in [-0.15, -0.1) is 0 Å². The van der Waals surface area contributed by atoms with Crippen LogP contribution in [0.5, 0.6) is 0 Å². The van der Waals surface area contributed by atoms with Crippen molar-refractivity contribution in [3.63, 3.8) is 0 Å². The average Bonchev–Trinajstić information content (AvgIpc) is 2.29.